The molecule has 11 atom stereocenters. The van der Waals surface area contributed by atoms with Crippen LogP contribution in [0, 0.1) is 0 Å². The Morgan fingerprint density at radius 1 is 0.600 bits per heavy atom. The lowest BCUT2D eigenvalue weighted by Gasteiger charge is -2.53. The van der Waals surface area contributed by atoms with Gasteiger partial charge in [-0.05, 0) is 41.0 Å². The average molecular weight is 964 g/mol. The molecule has 70 heavy (non-hydrogen) atoms. The molecule has 10 rings (SSSR count). The van der Waals surface area contributed by atoms with Crippen molar-refractivity contribution in [1.29, 1.82) is 0 Å². The maximum Gasteiger partial charge on any atom is 0.303 e. The van der Waals surface area contributed by atoms with E-state index in [0.29, 0.717) is 0 Å². The van der Waals surface area contributed by atoms with Gasteiger partial charge in [0.15, 0.2) is 18.7 Å². The molecule has 3 saturated heterocycles. The molecule has 13 nitrogen and oxygen atoms in total. The van der Waals surface area contributed by atoms with Gasteiger partial charge in [0.1, 0.15) is 48.1 Å². The zero-order valence-electron chi connectivity index (χ0n) is 38.4. The Balaban J connectivity index is 1.07. The summed E-state index contributed by atoms with van der Waals surface area (Å²) in [6.45, 7) is 1.96. The molecule has 0 bridgehead atoms. The maximum atomic E-state index is 14.8. The molecule has 6 aromatic rings. The lowest BCUT2D eigenvalue weighted by molar-refractivity contribution is -0.365. The fraction of sp³-hybridized carbons (Fsp3) is 0.304. The van der Waals surface area contributed by atoms with Crippen LogP contribution in [-0.2, 0) is 67.2 Å². The molecule has 3 fully saturated rings. The van der Waals surface area contributed by atoms with Crippen molar-refractivity contribution in [3.8, 4) is 0 Å². The van der Waals surface area contributed by atoms with E-state index in [1.54, 1.807) is 24.3 Å². The van der Waals surface area contributed by atoms with Gasteiger partial charge in [-0.1, -0.05) is 163 Å². The summed E-state index contributed by atoms with van der Waals surface area (Å²) in [5.41, 5.74) is 3.06. The van der Waals surface area contributed by atoms with E-state index in [1.165, 1.54) is 23.6 Å². The Morgan fingerprint density at radius 3 is 1.71 bits per heavy atom. The minimum absolute atomic E-state index is 0.0147. The third-order valence-electron chi connectivity index (χ3n) is 12.6. The van der Waals surface area contributed by atoms with E-state index in [2.05, 4.69) is 0 Å². The van der Waals surface area contributed by atoms with E-state index < -0.39 is 84.6 Å². The Morgan fingerprint density at radius 2 is 1.13 bits per heavy atom. The number of thioether (sulfide) groups is 1. The number of carbonyl (C=O) groups is 3. The number of rotatable bonds is 17. The molecule has 6 aromatic carbocycles. The second-order valence-corrected chi connectivity index (χ2v) is 18.6. The summed E-state index contributed by atoms with van der Waals surface area (Å²) in [5, 5.41) is 0. The van der Waals surface area contributed by atoms with E-state index in [1.807, 2.05) is 152 Å². The number of fused-ring (bicyclic) bond motifs is 2. The van der Waals surface area contributed by atoms with Gasteiger partial charge >= 0.3 is 5.97 Å². The lowest BCUT2D eigenvalue weighted by Crippen LogP contribution is -2.69. The summed E-state index contributed by atoms with van der Waals surface area (Å²) in [6, 6.07) is 53.8. The van der Waals surface area contributed by atoms with E-state index >= 15 is 0 Å². The highest BCUT2D eigenvalue weighted by molar-refractivity contribution is 7.99. The molecule has 360 valence electrons. The first-order chi connectivity index (χ1) is 34.4. The van der Waals surface area contributed by atoms with Crippen LogP contribution in [0.15, 0.2) is 181 Å². The van der Waals surface area contributed by atoms with Crippen LogP contribution in [0.3, 0.4) is 0 Å². The summed E-state index contributed by atoms with van der Waals surface area (Å²) >= 11 is 1.34. The number of esters is 1. The molecular formula is C56H53NO12S. The monoisotopic (exact) mass is 963 g/mol. The van der Waals surface area contributed by atoms with Crippen molar-refractivity contribution in [2.24, 2.45) is 0 Å². The number of hydrogen-bond donors (Lipinski definition) is 0. The molecule has 0 radical (unpaired) electrons. The SMILES string of the molecule is CC(=O)O[C@@H]1[C@@H](O[C@H]2[C@@H]3OC(c4ccccc4)OC[C@H]3O[C@@H](Sc3ccccc3)[C@@H]2N2C(=O)c3ccccc3C2=O)O[C@H](COCc2ccccc2)[C@@H](OCc2ccccc2)[C@@H]1OCc1ccccc1. The van der Waals surface area contributed by atoms with Crippen molar-refractivity contribution in [2.45, 2.75) is 98.4 Å². The molecule has 0 aliphatic carbocycles. The predicted molar refractivity (Wildman–Crippen MR) is 257 cm³/mol. The first-order valence-electron chi connectivity index (χ1n) is 23.4. The smallest absolute Gasteiger partial charge is 0.303 e. The van der Waals surface area contributed by atoms with Crippen molar-refractivity contribution in [2.75, 3.05) is 13.2 Å². The van der Waals surface area contributed by atoms with Crippen LogP contribution < -0.4 is 0 Å². The van der Waals surface area contributed by atoms with Crippen LogP contribution in [0.1, 0.15) is 56.2 Å². The number of benzene rings is 6. The topological polar surface area (TPSA) is 138 Å². The van der Waals surface area contributed by atoms with Gasteiger partial charge in [0.05, 0.1) is 44.2 Å². The van der Waals surface area contributed by atoms with Crippen molar-refractivity contribution >= 4 is 29.5 Å². The van der Waals surface area contributed by atoms with Crippen molar-refractivity contribution in [3.63, 3.8) is 0 Å². The summed E-state index contributed by atoms with van der Waals surface area (Å²) in [5.74, 6) is -1.65. The van der Waals surface area contributed by atoms with E-state index in [9.17, 15) is 14.4 Å². The fourth-order valence-corrected chi connectivity index (χ4v) is 10.6. The van der Waals surface area contributed by atoms with Gasteiger partial charge in [0.25, 0.3) is 11.8 Å². The Kier molecular flexibility index (Phi) is 15.2. The molecule has 0 saturated carbocycles. The Labute approximate surface area is 410 Å². The lowest BCUT2D eigenvalue weighted by atomic mass is 9.94. The molecule has 1 unspecified atom stereocenters. The van der Waals surface area contributed by atoms with Gasteiger partial charge in [-0.25, -0.2) is 0 Å². The minimum atomic E-state index is -1.41. The predicted octanol–water partition coefficient (Wildman–Crippen LogP) is 8.71. The number of imide groups is 1. The first kappa shape index (κ1) is 47.6. The summed E-state index contributed by atoms with van der Waals surface area (Å²) in [6.07, 6.45) is -9.20. The van der Waals surface area contributed by atoms with Gasteiger partial charge in [0, 0.05) is 17.4 Å². The summed E-state index contributed by atoms with van der Waals surface area (Å²) < 4.78 is 60.9. The number of hydrogen-bond acceptors (Lipinski definition) is 13. The third kappa shape index (κ3) is 10.8. The Hall–Kier alpha value is -6.04. The molecule has 14 heteroatoms. The van der Waals surface area contributed by atoms with Gasteiger partial charge in [-0.15, -0.1) is 0 Å². The zero-order valence-corrected chi connectivity index (χ0v) is 39.2. The van der Waals surface area contributed by atoms with Gasteiger partial charge in [-0.2, -0.15) is 0 Å². The highest BCUT2D eigenvalue weighted by Crippen LogP contribution is 2.45. The van der Waals surface area contributed by atoms with Crippen LogP contribution in [0.25, 0.3) is 0 Å². The number of amides is 2. The van der Waals surface area contributed by atoms with Crippen LogP contribution in [0.5, 0.6) is 0 Å². The molecule has 4 aliphatic rings. The summed E-state index contributed by atoms with van der Waals surface area (Å²) in [4.78, 5) is 45.0. The van der Waals surface area contributed by atoms with Gasteiger partial charge in [0.2, 0.25) is 0 Å². The van der Waals surface area contributed by atoms with Crippen LogP contribution >= 0.6 is 11.8 Å². The minimum Gasteiger partial charge on any atom is -0.454 e. The Bertz CT molecular complexity index is 2630. The van der Waals surface area contributed by atoms with Crippen molar-refractivity contribution < 1.29 is 57.0 Å². The molecular weight excluding hydrogens is 911 g/mol. The molecule has 4 heterocycles. The average Bonchev–Trinajstić information content (AvgIpc) is 3.65. The van der Waals surface area contributed by atoms with E-state index in [-0.39, 0.29) is 44.2 Å². The molecule has 0 spiro atoms. The zero-order chi connectivity index (χ0) is 47.8. The first-order valence-corrected chi connectivity index (χ1v) is 24.3. The molecule has 0 aromatic heterocycles. The largest absolute Gasteiger partial charge is 0.454 e. The van der Waals surface area contributed by atoms with E-state index in [4.69, 9.17) is 42.6 Å². The van der Waals surface area contributed by atoms with Crippen molar-refractivity contribution in [1.82, 2.24) is 4.90 Å². The van der Waals surface area contributed by atoms with Crippen LogP contribution in [-0.4, -0.2) is 96.4 Å². The third-order valence-corrected chi connectivity index (χ3v) is 13.8. The van der Waals surface area contributed by atoms with Gasteiger partial charge < -0.3 is 42.6 Å². The normalized spacial score (nSPS) is 27.4. The van der Waals surface area contributed by atoms with Crippen LogP contribution in [0.4, 0.5) is 0 Å². The molecule has 4 aliphatic heterocycles. The highest BCUT2D eigenvalue weighted by Gasteiger charge is 2.59. The standard InChI is InChI=1S/C56H53NO12S/c1-36(58)65-51-50(63-33-39-23-11-4-12-24-39)47(62-32-38-21-9-3-10-22-38)44(34-61-31-37-19-7-2-8-20-37)66-55(51)69-49-46(57-52(59)42-29-17-18-30-43(42)53(57)60)56(70-41-27-15-6-16-28-41)67-45-35-64-54(68-48(45)49)40-25-13-5-14-26-40/h2-30,44-51,54-56H,31-35H2,1H3/t44-,45-,46-,47-,48-,49-,50+,51+,54?,55-,56+/m1/s1. The second-order valence-electron chi connectivity index (χ2n) is 17.4. The highest BCUT2D eigenvalue weighted by atomic mass is 32.2. The quantitative estimate of drug-likeness (QED) is 0.0637. The number of carbonyl (C=O) groups excluding carboxylic acids is 3. The maximum absolute atomic E-state index is 14.8. The summed E-state index contributed by atoms with van der Waals surface area (Å²) in [7, 11) is 0. The van der Waals surface area contributed by atoms with Gasteiger partial charge in [-0.3, -0.25) is 19.3 Å². The van der Waals surface area contributed by atoms with E-state index in [0.717, 1.165) is 27.1 Å². The molecule has 2 amide bonds. The van der Waals surface area contributed by atoms with Crippen molar-refractivity contribution in [3.05, 3.63) is 209 Å². The number of nitrogens with zero attached hydrogens (tertiary/aromatic N) is 1. The number of ether oxygens (including phenoxy) is 9. The second kappa shape index (κ2) is 22.4. The molecule has 0 N–H and O–H groups in total. The van der Waals surface area contributed by atoms with Crippen LogP contribution in [0.2, 0.25) is 0 Å². The fourth-order valence-electron chi connectivity index (χ4n) is 9.36.